The van der Waals surface area contributed by atoms with Crippen molar-refractivity contribution >= 4 is 21.9 Å². The van der Waals surface area contributed by atoms with Crippen molar-refractivity contribution in [1.82, 2.24) is 9.62 Å². The summed E-state index contributed by atoms with van der Waals surface area (Å²) in [6.45, 7) is 0.539. The first-order chi connectivity index (χ1) is 12.2. The molecular weight excluding hydrogens is 360 g/mol. The fourth-order valence-electron chi connectivity index (χ4n) is 4.11. The van der Waals surface area contributed by atoms with Gasteiger partial charge in [-0.05, 0) is 44.0 Å². The van der Waals surface area contributed by atoms with Crippen LogP contribution in [0, 0.1) is 11.3 Å². The maximum Gasteiger partial charge on any atom is 0.311 e. The Morgan fingerprint density at radius 3 is 2.69 bits per heavy atom. The van der Waals surface area contributed by atoms with E-state index in [2.05, 4.69) is 4.72 Å². The lowest BCUT2D eigenvalue weighted by Gasteiger charge is -2.23. The number of carboxylic acids is 1. The highest BCUT2D eigenvalue weighted by atomic mass is 32.2. The van der Waals surface area contributed by atoms with Gasteiger partial charge < -0.3 is 14.7 Å². The average Bonchev–Trinajstić information content (AvgIpc) is 3.19. The fourth-order valence-corrected chi connectivity index (χ4v) is 5.02. The molecule has 2 N–H and O–H groups in total. The number of aliphatic carboxylic acids is 1. The van der Waals surface area contributed by atoms with Crippen molar-refractivity contribution in [1.29, 1.82) is 0 Å². The predicted molar refractivity (Wildman–Crippen MR) is 92.6 cm³/mol. The molecule has 0 bridgehead atoms. The van der Waals surface area contributed by atoms with E-state index in [9.17, 15) is 23.1 Å². The smallest absolute Gasteiger partial charge is 0.311 e. The number of hydrogen-bond donors (Lipinski definition) is 2. The molecule has 0 unspecified atom stereocenters. The molecule has 9 heteroatoms. The molecule has 0 aromatic heterocycles. The molecule has 2 atom stereocenters. The van der Waals surface area contributed by atoms with Gasteiger partial charge in [0.15, 0.2) is 0 Å². The number of ether oxygens (including phenoxy) is 1. The van der Waals surface area contributed by atoms with Crippen molar-refractivity contribution in [3.05, 3.63) is 23.8 Å². The number of fused-ring (bicyclic) bond motifs is 1. The number of nitrogens with one attached hydrogen (secondary N) is 1. The van der Waals surface area contributed by atoms with Gasteiger partial charge in [0.25, 0.3) is 5.91 Å². The minimum absolute atomic E-state index is 0.0530. The number of likely N-dealkylation sites (tertiary alicyclic amines) is 1. The third-order valence-corrected chi connectivity index (χ3v) is 6.99. The molecule has 26 heavy (non-hydrogen) atoms. The molecule has 3 rings (SSSR count). The van der Waals surface area contributed by atoms with Gasteiger partial charge in [-0.3, -0.25) is 9.59 Å². The number of sulfonamides is 1. The predicted octanol–water partition coefficient (Wildman–Crippen LogP) is 0.930. The molecule has 1 saturated carbocycles. The Morgan fingerprint density at radius 1 is 1.38 bits per heavy atom. The van der Waals surface area contributed by atoms with Gasteiger partial charge in [-0.15, -0.1) is 0 Å². The van der Waals surface area contributed by atoms with Crippen LogP contribution in [0.2, 0.25) is 0 Å². The average molecular weight is 382 g/mol. The highest BCUT2D eigenvalue weighted by Crippen LogP contribution is 2.49. The van der Waals surface area contributed by atoms with E-state index in [0.717, 1.165) is 12.8 Å². The second kappa shape index (κ2) is 6.55. The molecule has 1 saturated heterocycles. The Labute approximate surface area is 152 Å². The van der Waals surface area contributed by atoms with Gasteiger partial charge in [0.1, 0.15) is 10.6 Å². The summed E-state index contributed by atoms with van der Waals surface area (Å²) in [5.41, 5.74) is -0.678. The summed E-state index contributed by atoms with van der Waals surface area (Å²) in [4.78, 5) is 26.1. The molecule has 1 aliphatic carbocycles. The van der Waals surface area contributed by atoms with Gasteiger partial charge in [0, 0.05) is 18.7 Å². The first-order valence-corrected chi connectivity index (χ1v) is 9.88. The van der Waals surface area contributed by atoms with Crippen LogP contribution in [0.15, 0.2) is 23.1 Å². The van der Waals surface area contributed by atoms with Crippen LogP contribution in [0.25, 0.3) is 0 Å². The summed E-state index contributed by atoms with van der Waals surface area (Å²) < 4.78 is 31.7. The third kappa shape index (κ3) is 2.84. The van der Waals surface area contributed by atoms with Crippen LogP contribution in [0.4, 0.5) is 0 Å². The molecule has 1 aromatic rings. The van der Waals surface area contributed by atoms with Crippen LogP contribution in [0.3, 0.4) is 0 Å². The second-order valence-corrected chi connectivity index (χ2v) is 8.66. The van der Waals surface area contributed by atoms with Gasteiger partial charge in [-0.25, -0.2) is 13.1 Å². The number of amides is 1. The standard InChI is InChI=1S/C17H22N2O6S/c1-18-26(23,24)14-8-11(5-6-13(14)25-2)15(20)19-9-12-4-3-7-17(12,10-19)16(21)22/h5-6,8,12,18H,3-4,7,9-10H2,1-2H3,(H,21,22)/t12-,17+/m0/s1. The van der Waals surface area contributed by atoms with Crippen molar-refractivity contribution in [2.45, 2.75) is 24.2 Å². The van der Waals surface area contributed by atoms with Gasteiger partial charge in [0.05, 0.1) is 12.5 Å². The Hall–Kier alpha value is -2.13. The Balaban J connectivity index is 1.92. The number of rotatable bonds is 5. The SMILES string of the molecule is CNS(=O)(=O)c1cc(C(=O)N2C[C@@H]3CCC[C@@]3(C(=O)O)C2)ccc1OC. The van der Waals surface area contributed by atoms with Crippen molar-refractivity contribution < 1.29 is 27.9 Å². The lowest BCUT2D eigenvalue weighted by molar-refractivity contribution is -0.149. The Bertz CT molecular complexity index is 853. The van der Waals surface area contributed by atoms with E-state index >= 15 is 0 Å². The highest BCUT2D eigenvalue weighted by Gasteiger charge is 2.55. The molecular formula is C17H22N2O6S. The molecule has 1 aliphatic heterocycles. The molecule has 1 heterocycles. The molecule has 2 aliphatic rings. The number of nitrogens with zero attached hydrogens (tertiary/aromatic N) is 1. The topological polar surface area (TPSA) is 113 Å². The van der Waals surface area contributed by atoms with E-state index in [1.807, 2.05) is 0 Å². The normalized spacial score (nSPS) is 25.2. The van der Waals surface area contributed by atoms with Crippen LogP contribution in [-0.2, 0) is 14.8 Å². The summed E-state index contributed by atoms with van der Waals surface area (Å²) in [6.07, 6.45) is 2.21. The van der Waals surface area contributed by atoms with Crippen LogP contribution in [0.5, 0.6) is 5.75 Å². The van der Waals surface area contributed by atoms with Crippen molar-refractivity contribution in [2.75, 3.05) is 27.2 Å². The number of carbonyl (C=O) groups excluding carboxylic acids is 1. The molecule has 142 valence electrons. The van der Waals surface area contributed by atoms with Crippen LogP contribution >= 0.6 is 0 Å². The molecule has 8 nitrogen and oxygen atoms in total. The van der Waals surface area contributed by atoms with Crippen molar-refractivity contribution in [2.24, 2.45) is 11.3 Å². The highest BCUT2D eigenvalue weighted by molar-refractivity contribution is 7.89. The van der Waals surface area contributed by atoms with Gasteiger partial charge >= 0.3 is 5.97 Å². The van der Waals surface area contributed by atoms with Crippen molar-refractivity contribution in [3.8, 4) is 5.75 Å². The maximum atomic E-state index is 12.9. The van der Waals surface area contributed by atoms with Crippen LogP contribution < -0.4 is 9.46 Å². The number of hydrogen-bond acceptors (Lipinski definition) is 5. The second-order valence-electron chi connectivity index (χ2n) is 6.81. The molecule has 1 aromatic carbocycles. The molecule has 2 fully saturated rings. The van der Waals surface area contributed by atoms with Crippen LogP contribution in [-0.4, -0.2) is 57.5 Å². The van der Waals surface area contributed by atoms with Gasteiger partial charge in [0.2, 0.25) is 10.0 Å². The van der Waals surface area contributed by atoms with Gasteiger partial charge in [-0.2, -0.15) is 0 Å². The molecule has 1 amide bonds. The van der Waals surface area contributed by atoms with E-state index in [1.54, 1.807) is 0 Å². The van der Waals surface area contributed by atoms with Crippen molar-refractivity contribution in [3.63, 3.8) is 0 Å². The van der Waals surface area contributed by atoms with E-state index in [1.165, 1.54) is 37.3 Å². The summed E-state index contributed by atoms with van der Waals surface area (Å²) in [7, 11) is -1.17. The van der Waals surface area contributed by atoms with E-state index < -0.39 is 21.4 Å². The monoisotopic (exact) mass is 382 g/mol. The van der Waals surface area contributed by atoms with E-state index in [0.29, 0.717) is 13.0 Å². The Morgan fingerprint density at radius 2 is 2.12 bits per heavy atom. The fraction of sp³-hybridized carbons (Fsp3) is 0.529. The first-order valence-electron chi connectivity index (χ1n) is 8.39. The quantitative estimate of drug-likeness (QED) is 0.783. The summed E-state index contributed by atoms with van der Waals surface area (Å²) in [5.74, 6) is -1.14. The zero-order chi connectivity index (χ0) is 19.1. The molecule has 0 spiro atoms. The van der Waals surface area contributed by atoms with Gasteiger partial charge in [-0.1, -0.05) is 6.42 Å². The Kier molecular flexibility index (Phi) is 4.70. The minimum atomic E-state index is -3.80. The summed E-state index contributed by atoms with van der Waals surface area (Å²) >= 11 is 0. The van der Waals surface area contributed by atoms with E-state index in [-0.39, 0.29) is 34.6 Å². The lowest BCUT2D eigenvalue weighted by atomic mass is 9.81. The minimum Gasteiger partial charge on any atom is -0.495 e. The zero-order valence-corrected chi connectivity index (χ0v) is 15.5. The summed E-state index contributed by atoms with van der Waals surface area (Å²) in [5, 5.41) is 9.65. The first kappa shape index (κ1) is 18.7. The van der Waals surface area contributed by atoms with E-state index in [4.69, 9.17) is 4.74 Å². The number of benzene rings is 1. The maximum absolute atomic E-state index is 12.9. The summed E-state index contributed by atoms with van der Waals surface area (Å²) in [6, 6.07) is 4.20. The third-order valence-electron chi connectivity index (χ3n) is 5.55. The lowest BCUT2D eigenvalue weighted by Crippen LogP contribution is -2.37. The zero-order valence-electron chi connectivity index (χ0n) is 14.7. The van der Waals surface area contributed by atoms with Crippen LogP contribution in [0.1, 0.15) is 29.6 Å². The molecule has 0 radical (unpaired) electrons. The number of carboxylic acid groups (broad SMARTS) is 1. The number of methoxy groups -OCH3 is 1. The largest absolute Gasteiger partial charge is 0.495 e. The number of carbonyl (C=O) groups is 2.